The first-order valence-electron chi connectivity index (χ1n) is 9.12. The van der Waals surface area contributed by atoms with Crippen molar-refractivity contribution in [2.24, 2.45) is 0 Å². The number of nitrogens with one attached hydrogen (secondary N) is 1. The Balaban J connectivity index is 1.82. The topological polar surface area (TPSA) is 102 Å². The van der Waals surface area contributed by atoms with Crippen molar-refractivity contribution < 1.29 is 17.9 Å². The van der Waals surface area contributed by atoms with E-state index in [1.54, 1.807) is 24.5 Å². The molecule has 1 fully saturated rings. The minimum Gasteiger partial charge on any atom is -0.384 e. The molecule has 3 aromatic heterocycles. The van der Waals surface area contributed by atoms with Crippen LogP contribution in [0.3, 0.4) is 0 Å². The normalized spacial score (nSPS) is 14.6. The molecule has 0 amide bonds. The predicted octanol–water partition coefficient (Wildman–Crippen LogP) is 3.11. The highest BCUT2D eigenvalue weighted by Gasteiger charge is 2.35. The zero-order valence-electron chi connectivity index (χ0n) is 15.7. The molecule has 3 aromatic rings. The molecule has 8 nitrogen and oxygen atoms in total. The van der Waals surface area contributed by atoms with Crippen molar-refractivity contribution in [3.05, 3.63) is 48.4 Å². The zero-order chi connectivity index (χ0) is 21.1. The predicted molar refractivity (Wildman–Crippen MR) is 105 cm³/mol. The fourth-order valence-corrected chi connectivity index (χ4v) is 3.03. The van der Waals surface area contributed by atoms with Gasteiger partial charge in [0.2, 0.25) is 5.95 Å². The van der Waals surface area contributed by atoms with Crippen LogP contribution >= 0.6 is 0 Å². The molecule has 0 saturated carbocycles. The van der Waals surface area contributed by atoms with Gasteiger partial charge in [0.15, 0.2) is 0 Å². The van der Waals surface area contributed by atoms with Crippen LogP contribution in [-0.4, -0.2) is 46.2 Å². The number of hydrogen-bond donors (Lipinski definition) is 2. The number of halogens is 3. The monoisotopic (exact) mass is 417 g/mol. The average Bonchev–Trinajstić information content (AvgIpc) is 2.74. The highest BCUT2D eigenvalue weighted by Crippen LogP contribution is 2.38. The van der Waals surface area contributed by atoms with Gasteiger partial charge >= 0.3 is 6.18 Å². The zero-order valence-corrected chi connectivity index (χ0v) is 15.7. The fourth-order valence-electron chi connectivity index (χ4n) is 3.03. The molecule has 4 heterocycles. The van der Waals surface area contributed by atoms with E-state index in [-0.39, 0.29) is 17.1 Å². The maximum absolute atomic E-state index is 13.6. The van der Waals surface area contributed by atoms with Crippen LogP contribution in [0.4, 0.5) is 36.4 Å². The van der Waals surface area contributed by atoms with Gasteiger partial charge in [-0.05, 0) is 18.2 Å². The van der Waals surface area contributed by atoms with Crippen LogP contribution in [0.25, 0.3) is 11.3 Å². The summed E-state index contributed by atoms with van der Waals surface area (Å²) in [7, 11) is 0. The molecule has 30 heavy (non-hydrogen) atoms. The molecule has 11 heteroatoms. The van der Waals surface area contributed by atoms with Gasteiger partial charge in [0.05, 0.1) is 24.5 Å². The van der Waals surface area contributed by atoms with E-state index in [9.17, 15) is 13.2 Å². The molecule has 1 saturated heterocycles. The quantitative estimate of drug-likeness (QED) is 0.668. The number of morpholine rings is 1. The summed E-state index contributed by atoms with van der Waals surface area (Å²) in [5.41, 5.74) is 5.19. The van der Waals surface area contributed by atoms with E-state index in [1.165, 1.54) is 6.07 Å². The van der Waals surface area contributed by atoms with E-state index in [0.29, 0.717) is 43.8 Å². The highest BCUT2D eigenvalue weighted by molar-refractivity contribution is 5.70. The summed E-state index contributed by atoms with van der Waals surface area (Å²) >= 11 is 0. The van der Waals surface area contributed by atoms with Gasteiger partial charge in [-0.3, -0.25) is 4.98 Å². The van der Waals surface area contributed by atoms with Crippen molar-refractivity contribution in [3.8, 4) is 11.3 Å². The maximum Gasteiger partial charge on any atom is 0.417 e. The molecular weight excluding hydrogens is 399 g/mol. The Morgan fingerprint density at radius 1 is 1.07 bits per heavy atom. The first kappa shape index (κ1) is 19.8. The van der Waals surface area contributed by atoms with Crippen LogP contribution in [0, 0.1) is 0 Å². The van der Waals surface area contributed by atoms with Crippen LogP contribution < -0.4 is 16.0 Å². The second-order valence-corrected chi connectivity index (χ2v) is 6.55. The summed E-state index contributed by atoms with van der Waals surface area (Å²) in [4.78, 5) is 18.5. The minimum absolute atomic E-state index is 0.0860. The molecule has 0 atom stereocenters. The summed E-state index contributed by atoms with van der Waals surface area (Å²) < 4.78 is 46.3. The average molecular weight is 417 g/mol. The smallest absolute Gasteiger partial charge is 0.384 e. The van der Waals surface area contributed by atoms with Crippen molar-refractivity contribution in [1.29, 1.82) is 0 Å². The molecule has 4 rings (SSSR count). The number of aromatic nitrogens is 4. The van der Waals surface area contributed by atoms with Gasteiger partial charge in [-0.15, -0.1) is 0 Å². The van der Waals surface area contributed by atoms with Crippen molar-refractivity contribution in [3.63, 3.8) is 0 Å². The van der Waals surface area contributed by atoms with Crippen molar-refractivity contribution in [2.75, 3.05) is 42.3 Å². The van der Waals surface area contributed by atoms with Crippen molar-refractivity contribution in [1.82, 2.24) is 19.9 Å². The SMILES string of the molecule is Nc1cc(C(F)(F)F)c(-c2cc(Nc3ccncc3)nc(N3CCOCC3)n2)cn1. The number of ether oxygens (including phenoxy) is 1. The Labute approximate surface area is 170 Å². The summed E-state index contributed by atoms with van der Waals surface area (Å²) in [6.45, 7) is 2.03. The molecule has 0 spiro atoms. The third-order valence-electron chi connectivity index (χ3n) is 4.47. The Kier molecular flexibility index (Phi) is 5.36. The molecule has 0 radical (unpaired) electrons. The number of nitrogens with two attached hydrogens (primary N) is 1. The first-order valence-corrected chi connectivity index (χ1v) is 9.12. The lowest BCUT2D eigenvalue weighted by Crippen LogP contribution is -2.37. The number of nitrogen functional groups attached to an aromatic ring is 1. The van der Waals surface area contributed by atoms with E-state index >= 15 is 0 Å². The molecule has 1 aliphatic rings. The number of hydrogen-bond acceptors (Lipinski definition) is 8. The van der Waals surface area contributed by atoms with Crippen LogP contribution in [-0.2, 0) is 10.9 Å². The summed E-state index contributed by atoms with van der Waals surface area (Å²) in [5.74, 6) is 0.429. The maximum atomic E-state index is 13.6. The van der Waals surface area contributed by atoms with Crippen LogP contribution in [0.15, 0.2) is 42.9 Å². The standard InChI is InChI=1S/C19H18F3N7O/c20-19(21,22)14-9-16(23)25-11-13(14)15-10-17(26-12-1-3-24-4-2-12)28-18(27-15)29-5-7-30-8-6-29/h1-4,9-11H,5-8H2,(H2,23,25)(H,24,26,27,28). The first-order chi connectivity index (χ1) is 14.4. The van der Waals surface area contributed by atoms with Gasteiger partial charge in [-0.25, -0.2) is 9.97 Å². The number of pyridine rings is 2. The number of nitrogens with zero attached hydrogens (tertiary/aromatic N) is 5. The summed E-state index contributed by atoms with van der Waals surface area (Å²) in [5, 5.41) is 3.09. The van der Waals surface area contributed by atoms with Gasteiger partial charge in [0.1, 0.15) is 11.6 Å². The second kappa shape index (κ2) is 8.11. The van der Waals surface area contributed by atoms with E-state index in [0.717, 1.165) is 12.3 Å². The van der Waals surface area contributed by atoms with Crippen LogP contribution in [0.5, 0.6) is 0 Å². The van der Waals surface area contributed by atoms with E-state index in [4.69, 9.17) is 10.5 Å². The molecular formula is C19H18F3N7O. The Morgan fingerprint density at radius 2 is 1.80 bits per heavy atom. The minimum atomic E-state index is -4.62. The highest BCUT2D eigenvalue weighted by atomic mass is 19.4. The molecule has 0 bridgehead atoms. The second-order valence-electron chi connectivity index (χ2n) is 6.55. The Morgan fingerprint density at radius 3 is 2.50 bits per heavy atom. The molecule has 156 valence electrons. The third kappa shape index (κ3) is 4.40. The molecule has 0 unspecified atom stereocenters. The lowest BCUT2D eigenvalue weighted by Gasteiger charge is -2.27. The van der Waals surface area contributed by atoms with Gasteiger partial charge in [-0.2, -0.15) is 18.2 Å². The number of rotatable bonds is 4. The number of anilines is 4. The summed E-state index contributed by atoms with van der Waals surface area (Å²) in [6, 6.07) is 5.71. The van der Waals surface area contributed by atoms with E-state index in [2.05, 4.69) is 25.3 Å². The van der Waals surface area contributed by atoms with Crippen molar-refractivity contribution >= 4 is 23.3 Å². The van der Waals surface area contributed by atoms with Gasteiger partial charge in [-0.1, -0.05) is 0 Å². The third-order valence-corrected chi connectivity index (χ3v) is 4.47. The summed E-state index contributed by atoms with van der Waals surface area (Å²) in [6.07, 6.45) is -0.340. The molecule has 0 aliphatic carbocycles. The molecule has 1 aliphatic heterocycles. The van der Waals surface area contributed by atoms with Crippen molar-refractivity contribution in [2.45, 2.75) is 6.18 Å². The van der Waals surface area contributed by atoms with Crippen LogP contribution in [0.1, 0.15) is 5.56 Å². The van der Waals surface area contributed by atoms with Gasteiger partial charge in [0, 0.05) is 49.0 Å². The van der Waals surface area contributed by atoms with Crippen LogP contribution in [0.2, 0.25) is 0 Å². The van der Waals surface area contributed by atoms with E-state index in [1.807, 2.05) is 4.90 Å². The van der Waals surface area contributed by atoms with E-state index < -0.39 is 11.7 Å². The fraction of sp³-hybridized carbons (Fsp3) is 0.263. The lowest BCUT2D eigenvalue weighted by atomic mass is 10.1. The lowest BCUT2D eigenvalue weighted by molar-refractivity contribution is -0.137. The van der Waals surface area contributed by atoms with Gasteiger partial charge < -0.3 is 20.7 Å². The molecule has 3 N–H and O–H groups in total. The number of alkyl halides is 3. The Hall–Kier alpha value is -3.47. The van der Waals surface area contributed by atoms with Gasteiger partial charge in [0.25, 0.3) is 0 Å². The Bertz CT molecular complexity index is 1020. The molecule has 0 aromatic carbocycles. The largest absolute Gasteiger partial charge is 0.417 e.